The minimum Gasteiger partial charge on any atom is -0.367 e. The molecule has 0 aliphatic carbocycles. The van der Waals surface area contributed by atoms with Crippen LogP contribution in [0.5, 0.6) is 0 Å². The first-order valence-electron chi connectivity index (χ1n) is 6.31. The van der Waals surface area contributed by atoms with Crippen LogP contribution in [-0.4, -0.2) is 18.9 Å². The van der Waals surface area contributed by atoms with Crippen molar-refractivity contribution in [1.29, 1.82) is 0 Å². The Balaban J connectivity index is 2.14. The Labute approximate surface area is 115 Å². The van der Waals surface area contributed by atoms with E-state index in [1.807, 2.05) is 42.5 Å². The van der Waals surface area contributed by atoms with Gasteiger partial charge in [0.05, 0.1) is 12.6 Å². The second kappa shape index (κ2) is 5.81. The van der Waals surface area contributed by atoms with E-state index in [-0.39, 0.29) is 6.61 Å². The fourth-order valence-electron chi connectivity index (χ4n) is 2.01. The van der Waals surface area contributed by atoms with Gasteiger partial charge >= 0.3 is 6.18 Å². The average Bonchev–Trinajstić information content (AvgIpc) is 2.42. The molecular weight excluding hydrogens is 267 g/mol. The van der Waals surface area contributed by atoms with Gasteiger partial charge in [-0.1, -0.05) is 42.5 Å². The van der Waals surface area contributed by atoms with Crippen molar-refractivity contribution >= 4 is 10.8 Å². The first kappa shape index (κ1) is 14.8. The van der Waals surface area contributed by atoms with Gasteiger partial charge in [-0.2, -0.15) is 13.2 Å². The zero-order chi connectivity index (χ0) is 14.8. The van der Waals surface area contributed by atoms with Crippen molar-refractivity contribution < 1.29 is 17.9 Å². The first-order chi connectivity index (χ1) is 9.39. The summed E-state index contributed by atoms with van der Waals surface area (Å²) in [4.78, 5) is 0. The van der Waals surface area contributed by atoms with Crippen LogP contribution in [0.15, 0.2) is 42.5 Å². The Morgan fingerprint density at radius 3 is 2.45 bits per heavy atom. The highest BCUT2D eigenvalue weighted by Gasteiger charge is 2.37. The molecule has 0 bridgehead atoms. The molecule has 2 unspecified atom stereocenters. The second-order valence-electron chi connectivity index (χ2n) is 4.69. The van der Waals surface area contributed by atoms with Gasteiger partial charge in [-0.3, -0.25) is 0 Å². The Bertz CT molecular complexity index is 577. The van der Waals surface area contributed by atoms with Crippen LogP contribution in [0.1, 0.15) is 18.5 Å². The molecule has 2 aromatic carbocycles. The lowest BCUT2D eigenvalue weighted by molar-refractivity contribution is -0.215. The summed E-state index contributed by atoms with van der Waals surface area (Å²) in [7, 11) is 0. The first-order valence-corrected chi connectivity index (χ1v) is 6.31. The highest BCUT2D eigenvalue weighted by molar-refractivity contribution is 5.86. The maximum Gasteiger partial charge on any atom is 0.414 e. The van der Waals surface area contributed by atoms with Crippen LogP contribution in [0.4, 0.5) is 13.2 Å². The lowest BCUT2D eigenvalue weighted by Gasteiger charge is -2.20. The molecule has 2 rings (SSSR count). The van der Waals surface area contributed by atoms with Crippen molar-refractivity contribution in [3.63, 3.8) is 0 Å². The molecule has 0 saturated carbocycles. The van der Waals surface area contributed by atoms with Gasteiger partial charge in [-0.25, -0.2) is 0 Å². The summed E-state index contributed by atoms with van der Waals surface area (Å²) in [6.07, 6.45) is -6.18. The van der Waals surface area contributed by atoms with Crippen molar-refractivity contribution in [1.82, 2.24) is 0 Å². The molecule has 0 aromatic heterocycles. The van der Waals surface area contributed by atoms with Crippen molar-refractivity contribution in [2.75, 3.05) is 6.61 Å². The van der Waals surface area contributed by atoms with Gasteiger partial charge in [0, 0.05) is 0 Å². The van der Waals surface area contributed by atoms with Crippen LogP contribution >= 0.6 is 0 Å². The SMILES string of the molecule is CC(OCC(N)c1cccc2ccccc12)C(F)(F)F. The van der Waals surface area contributed by atoms with E-state index >= 15 is 0 Å². The number of hydrogen-bond donors (Lipinski definition) is 1. The van der Waals surface area contributed by atoms with Gasteiger partial charge in [0.2, 0.25) is 0 Å². The van der Waals surface area contributed by atoms with E-state index in [4.69, 9.17) is 10.5 Å². The fourth-order valence-corrected chi connectivity index (χ4v) is 2.01. The highest BCUT2D eigenvalue weighted by Crippen LogP contribution is 2.26. The molecule has 0 spiro atoms. The summed E-state index contributed by atoms with van der Waals surface area (Å²) in [5, 5.41) is 1.94. The largest absolute Gasteiger partial charge is 0.414 e. The topological polar surface area (TPSA) is 35.2 Å². The van der Waals surface area contributed by atoms with Gasteiger partial charge in [-0.15, -0.1) is 0 Å². The average molecular weight is 283 g/mol. The van der Waals surface area contributed by atoms with E-state index in [2.05, 4.69) is 0 Å². The molecule has 2 nitrogen and oxygen atoms in total. The molecular formula is C15H16F3NO. The maximum atomic E-state index is 12.4. The Hall–Kier alpha value is -1.59. The van der Waals surface area contributed by atoms with Crippen LogP contribution in [0.2, 0.25) is 0 Å². The number of ether oxygens (including phenoxy) is 1. The number of benzene rings is 2. The molecule has 2 aromatic rings. The molecule has 0 radical (unpaired) electrons. The minimum atomic E-state index is -4.36. The summed E-state index contributed by atoms with van der Waals surface area (Å²) in [5.41, 5.74) is 6.75. The van der Waals surface area contributed by atoms with Crippen LogP contribution in [0, 0.1) is 0 Å². The summed E-state index contributed by atoms with van der Waals surface area (Å²) in [6.45, 7) is 0.810. The normalized spacial score (nSPS) is 15.2. The number of nitrogens with two attached hydrogens (primary N) is 1. The van der Waals surface area contributed by atoms with Crippen molar-refractivity contribution in [2.24, 2.45) is 5.73 Å². The fraction of sp³-hybridized carbons (Fsp3) is 0.333. The van der Waals surface area contributed by atoms with Crippen molar-refractivity contribution in [2.45, 2.75) is 25.2 Å². The van der Waals surface area contributed by atoms with E-state index in [1.165, 1.54) is 0 Å². The molecule has 0 aliphatic heterocycles. The number of alkyl halides is 3. The number of fused-ring (bicyclic) bond motifs is 1. The highest BCUT2D eigenvalue weighted by atomic mass is 19.4. The van der Waals surface area contributed by atoms with E-state index in [0.717, 1.165) is 23.3 Å². The third-order valence-corrected chi connectivity index (χ3v) is 3.21. The quantitative estimate of drug-likeness (QED) is 0.926. The molecule has 2 N–H and O–H groups in total. The summed E-state index contributed by atoms with van der Waals surface area (Å²) in [5.74, 6) is 0. The minimum absolute atomic E-state index is 0.172. The monoisotopic (exact) mass is 283 g/mol. The molecule has 0 saturated heterocycles. The number of rotatable bonds is 4. The second-order valence-corrected chi connectivity index (χ2v) is 4.69. The van der Waals surface area contributed by atoms with Gasteiger partial charge in [-0.05, 0) is 23.3 Å². The molecule has 5 heteroatoms. The predicted molar refractivity (Wildman–Crippen MR) is 72.3 cm³/mol. The van der Waals surface area contributed by atoms with Crippen LogP contribution < -0.4 is 5.73 Å². The zero-order valence-electron chi connectivity index (χ0n) is 11.0. The molecule has 0 aliphatic rings. The van der Waals surface area contributed by atoms with E-state index in [1.54, 1.807) is 0 Å². The van der Waals surface area contributed by atoms with Gasteiger partial charge < -0.3 is 10.5 Å². The molecule has 0 heterocycles. The standard InChI is InChI=1S/C15H16F3NO/c1-10(15(16,17)18)20-9-14(19)13-8-4-6-11-5-2-3-7-12(11)13/h2-8,10,14H,9,19H2,1H3. The Morgan fingerprint density at radius 1 is 1.10 bits per heavy atom. The molecule has 108 valence electrons. The predicted octanol–water partition coefficient (Wildman–Crippen LogP) is 3.81. The van der Waals surface area contributed by atoms with Gasteiger partial charge in [0.25, 0.3) is 0 Å². The van der Waals surface area contributed by atoms with Crippen molar-refractivity contribution in [3.8, 4) is 0 Å². The third kappa shape index (κ3) is 3.29. The lowest BCUT2D eigenvalue weighted by atomic mass is 10.00. The van der Waals surface area contributed by atoms with E-state index in [9.17, 15) is 13.2 Å². The van der Waals surface area contributed by atoms with E-state index < -0.39 is 18.3 Å². The molecule has 0 amide bonds. The lowest BCUT2D eigenvalue weighted by Crippen LogP contribution is -2.31. The summed E-state index contributed by atoms with van der Waals surface area (Å²) >= 11 is 0. The smallest absolute Gasteiger partial charge is 0.367 e. The maximum absolute atomic E-state index is 12.4. The molecule has 20 heavy (non-hydrogen) atoms. The van der Waals surface area contributed by atoms with E-state index in [0.29, 0.717) is 0 Å². The Morgan fingerprint density at radius 2 is 1.75 bits per heavy atom. The molecule has 0 fully saturated rings. The molecule has 2 atom stereocenters. The van der Waals surface area contributed by atoms with Crippen LogP contribution in [0.3, 0.4) is 0 Å². The Kier molecular flexibility index (Phi) is 4.30. The summed E-state index contributed by atoms with van der Waals surface area (Å²) < 4.78 is 42.0. The van der Waals surface area contributed by atoms with Crippen molar-refractivity contribution in [3.05, 3.63) is 48.0 Å². The van der Waals surface area contributed by atoms with Gasteiger partial charge in [0.1, 0.15) is 0 Å². The van der Waals surface area contributed by atoms with Crippen LogP contribution in [0.25, 0.3) is 10.8 Å². The van der Waals surface area contributed by atoms with Crippen LogP contribution in [-0.2, 0) is 4.74 Å². The number of hydrogen-bond acceptors (Lipinski definition) is 2. The number of halogens is 3. The van der Waals surface area contributed by atoms with Gasteiger partial charge in [0.15, 0.2) is 6.10 Å². The summed E-state index contributed by atoms with van der Waals surface area (Å²) in [6, 6.07) is 12.6. The third-order valence-electron chi connectivity index (χ3n) is 3.21. The zero-order valence-corrected chi connectivity index (χ0v) is 11.0.